The van der Waals surface area contributed by atoms with Crippen LogP contribution in [-0.4, -0.2) is 28.1 Å². The monoisotopic (exact) mass is 607 g/mol. The van der Waals surface area contributed by atoms with Crippen LogP contribution >= 0.6 is 0 Å². The van der Waals surface area contributed by atoms with E-state index in [9.17, 15) is 19.8 Å². The van der Waals surface area contributed by atoms with E-state index in [1.165, 1.54) is 147 Å². The van der Waals surface area contributed by atoms with Crippen molar-refractivity contribution in [3.63, 3.8) is 0 Å². The number of allylic oxidation sites excluding steroid dienone is 1. The fourth-order valence-electron chi connectivity index (χ4n) is 6.48. The first kappa shape index (κ1) is 41.8. The van der Waals surface area contributed by atoms with Crippen molar-refractivity contribution in [1.82, 2.24) is 0 Å². The highest BCUT2D eigenvalue weighted by Crippen LogP contribution is 2.34. The van der Waals surface area contributed by atoms with Crippen molar-refractivity contribution in [1.29, 1.82) is 0 Å². The van der Waals surface area contributed by atoms with Crippen molar-refractivity contribution in [2.24, 2.45) is 5.41 Å². The number of aliphatic hydroxyl groups excluding tert-OH is 1. The van der Waals surface area contributed by atoms with Gasteiger partial charge in [0, 0.05) is 0 Å². The third-order valence-electron chi connectivity index (χ3n) is 9.46. The van der Waals surface area contributed by atoms with Gasteiger partial charge >= 0.3 is 5.97 Å². The lowest BCUT2D eigenvalue weighted by molar-refractivity contribution is -0.159. The van der Waals surface area contributed by atoms with Gasteiger partial charge in [0.25, 0.3) is 0 Å². The fraction of sp³-hybridized carbons (Fsp3) is 0.897. The number of Topliss-reactive ketones (excluding diaryl/α,β-unsaturated/α-hetero) is 1. The summed E-state index contributed by atoms with van der Waals surface area (Å²) in [4.78, 5) is 25.6. The minimum atomic E-state index is -1.53. The van der Waals surface area contributed by atoms with E-state index in [4.69, 9.17) is 0 Å². The minimum Gasteiger partial charge on any atom is -0.480 e. The van der Waals surface area contributed by atoms with E-state index in [1.54, 1.807) is 0 Å². The van der Waals surface area contributed by atoms with Crippen LogP contribution in [-0.2, 0) is 9.59 Å². The second-order valence-electron chi connectivity index (χ2n) is 13.5. The number of carbonyl (C=O) groups excluding carboxylic acids is 1. The quantitative estimate of drug-likeness (QED) is 0.0427. The van der Waals surface area contributed by atoms with E-state index < -0.39 is 23.3 Å². The topological polar surface area (TPSA) is 74.6 Å². The zero-order valence-corrected chi connectivity index (χ0v) is 29.0. The SMILES string of the molecule is C=CCC(CCCCCCCCCCCCCCCC)(C(=O)O)C(=O)C(O)CCCCCCCCCCCCCCCC. The highest BCUT2D eigenvalue weighted by molar-refractivity contribution is 6.05. The Bertz CT molecular complexity index is 645. The van der Waals surface area contributed by atoms with Crippen LogP contribution in [0.1, 0.15) is 213 Å². The number of hydrogen-bond donors (Lipinski definition) is 2. The molecule has 0 aliphatic carbocycles. The molecule has 0 aromatic carbocycles. The summed E-state index contributed by atoms with van der Waals surface area (Å²) in [6.45, 7) is 8.25. The van der Waals surface area contributed by atoms with Crippen molar-refractivity contribution >= 4 is 11.8 Å². The first-order valence-electron chi connectivity index (χ1n) is 19.0. The number of carbonyl (C=O) groups is 2. The average Bonchev–Trinajstić information content (AvgIpc) is 3.00. The number of rotatable bonds is 35. The normalized spacial score (nSPS) is 13.6. The Morgan fingerprint density at radius 1 is 0.558 bits per heavy atom. The number of ketones is 1. The van der Waals surface area contributed by atoms with E-state index in [-0.39, 0.29) is 6.42 Å². The smallest absolute Gasteiger partial charge is 0.317 e. The molecule has 2 unspecified atom stereocenters. The first-order chi connectivity index (χ1) is 21.0. The molecule has 0 fully saturated rings. The number of carboxylic acid groups (broad SMARTS) is 1. The molecule has 2 atom stereocenters. The Kier molecular flexibility index (Phi) is 30.0. The largest absolute Gasteiger partial charge is 0.480 e. The van der Waals surface area contributed by atoms with Crippen molar-refractivity contribution in [3.8, 4) is 0 Å². The molecule has 0 aromatic heterocycles. The van der Waals surface area contributed by atoms with E-state index in [0.717, 1.165) is 32.1 Å². The molecule has 0 heterocycles. The second kappa shape index (κ2) is 30.8. The molecular formula is C39H74O4. The summed E-state index contributed by atoms with van der Waals surface area (Å²) in [7, 11) is 0. The molecule has 0 radical (unpaired) electrons. The molecule has 0 amide bonds. The Labute approximate surface area is 268 Å². The Hall–Kier alpha value is -1.16. The first-order valence-corrected chi connectivity index (χ1v) is 19.0. The summed E-state index contributed by atoms with van der Waals surface area (Å²) >= 11 is 0. The molecule has 4 nitrogen and oxygen atoms in total. The summed E-state index contributed by atoms with van der Waals surface area (Å²) in [6, 6.07) is 0. The summed E-state index contributed by atoms with van der Waals surface area (Å²) < 4.78 is 0. The molecule has 0 aromatic rings. The van der Waals surface area contributed by atoms with Crippen molar-refractivity contribution in [2.75, 3.05) is 0 Å². The molecule has 2 N–H and O–H groups in total. The van der Waals surface area contributed by atoms with Gasteiger partial charge in [0.15, 0.2) is 5.78 Å². The highest BCUT2D eigenvalue weighted by atomic mass is 16.4. The van der Waals surface area contributed by atoms with Crippen molar-refractivity contribution in [2.45, 2.75) is 219 Å². The molecule has 0 bridgehead atoms. The molecule has 0 spiro atoms. The predicted molar refractivity (Wildman–Crippen MR) is 186 cm³/mol. The van der Waals surface area contributed by atoms with E-state index >= 15 is 0 Å². The van der Waals surface area contributed by atoms with E-state index in [0.29, 0.717) is 19.3 Å². The van der Waals surface area contributed by atoms with Gasteiger partial charge in [-0.3, -0.25) is 9.59 Å². The maximum atomic E-state index is 13.2. The van der Waals surface area contributed by atoms with Gasteiger partial charge in [-0.25, -0.2) is 0 Å². The van der Waals surface area contributed by atoms with Crippen LogP contribution in [0, 0.1) is 5.41 Å². The standard InChI is InChI=1S/C39H74O4/c1-4-7-9-11-13-15-17-19-21-23-25-27-29-31-33-36(40)37(41)39(34-6-3,38(42)43)35-32-30-28-26-24-22-20-18-16-14-12-10-8-5-2/h6,36,40H,3-5,7-35H2,1-2H3,(H,42,43). The van der Waals surface area contributed by atoms with Gasteiger partial charge in [-0.1, -0.05) is 200 Å². The van der Waals surface area contributed by atoms with Crippen molar-refractivity contribution in [3.05, 3.63) is 12.7 Å². The van der Waals surface area contributed by atoms with Crippen LogP contribution in [0.2, 0.25) is 0 Å². The Morgan fingerprint density at radius 2 is 0.860 bits per heavy atom. The third kappa shape index (κ3) is 22.9. The molecule has 0 saturated heterocycles. The summed E-state index contributed by atoms with van der Waals surface area (Å²) in [5.74, 6) is -1.61. The van der Waals surface area contributed by atoms with Crippen LogP contribution in [0.5, 0.6) is 0 Å². The third-order valence-corrected chi connectivity index (χ3v) is 9.46. The number of aliphatic carboxylic acids is 1. The van der Waals surface area contributed by atoms with Gasteiger partial charge in [0.1, 0.15) is 11.5 Å². The molecule has 0 aliphatic rings. The second-order valence-corrected chi connectivity index (χ2v) is 13.5. The van der Waals surface area contributed by atoms with Crippen LogP contribution in [0.3, 0.4) is 0 Å². The van der Waals surface area contributed by atoms with Crippen LogP contribution in [0.15, 0.2) is 12.7 Å². The van der Waals surface area contributed by atoms with Gasteiger partial charge in [0.05, 0.1) is 0 Å². The lowest BCUT2D eigenvalue weighted by Crippen LogP contribution is -2.45. The van der Waals surface area contributed by atoms with Gasteiger partial charge in [-0.15, -0.1) is 6.58 Å². The van der Waals surface area contributed by atoms with Gasteiger partial charge in [0.2, 0.25) is 0 Å². The van der Waals surface area contributed by atoms with Gasteiger partial charge in [-0.05, 0) is 19.3 Å². The number of carboxylic acids is 1. The molecule has 254 valence electrons. The number of unbranched alkanes of at least 4 members (excludes halogenated alkanes) is 26. The predicted octanol–water partition coefficient (Wildman–Crippen LogP) is 12.3. The van der Waals surface area contributed by atoms with Crippen LogP contribution in [0.4, 0.5) is 0 Å². The van der Waals surface area contributed by atoms with E-state index in [1.807, 2.05) is 0 Å². The maximum absolute atomic E-state index is 13.2. The summed E-state index contributed by atoms with van der Waals surface area (Å²) in [6.07, 6.45) is 35.9. The lowest BCUT2D eigenvalue weighted by Gasteiger charge is -2.29. The van der Waals surface area contributed by atoms with E-state index in [2.05, 4.69) is 20.4 Å². The average molecular weight is 607 g/mol. The number of hydrogen-bond acceptors (Lipinski definition) is 3. The van der Waals surface area contributed by atoms with Crippen LogP contribution in [0.25, 0.3) is 0 Å². The maximum Gasteiger partial charge on any atom is 0.317 e. The zero-order chi connectivity index (χ0) is 31.9. The highest BCUT2D eigenvalue weighted by Gasteiger charge is 2.46. The summed E-state index contributed by atoms with van der Waals surface area (Å²) in [5.41, 5.74) is -1.53. The molecule has 0 aliphatic heterocycles. The van der Waals surface area contributed by atoms with Gasteiger partial charge < -0.3 is 10.2 Å². The minimum absolute atomic E-state index is 0.0927. The summed E-state index contributed by atoms with van der Waals surface area (Å²) in [5, 5.41) is 20.8. The zero-order valence-electron chi connectivity index (χ0n) is 29.0. The number of aliphatic hydroxyl groups is 1. The molecular weight excluding hydrogens is 532 g/mol. The van der Waals surface area contributed by atoms with Crippen LogP contribution < -0.4 is 0 Å². The molecule has 0 saturated carbocycles. The fourth-order valence-corrected chi connectivity index (χ4v) is 6.48. The lowest BCUT2D eigenvalue weighted by atomic mass is 9.73. The molecule has 0 rings (SSSR count). The van der Waals surface area contributed by atoms with Gasteiger partial charge in [-0.2, -0.15) is 0 Å². The van der Waals surface area contributed by atoms with Crippen molar-refractivity contribution < 1.29 is 19.8 Å². The molecule has 4 heteroatoms. The Balaban J connectivity index is 4.09. The Morgan fingerprint density at radius 3 is 1.16 bits per heavy atom. The molecule has 43 heavy (non-hydrogen) atoms.